The van der Waals surface area contributed by atoms with Gasteiger partial charge in [-0.1, -0.05) is 12.1 Å². The Labute approximate surface area is 108 Å². The molecule has 2 N–H and O–H groups in total. The van der Waals surface area contributed by atoms with Crippen LogP contribution in [0.15, 0.2) is 24.3 Å². The predicted octanol–water partition coefficient (Wildman–Crippen LogP) is 1.57. The van der Waals surface area contributed by atoms with E-state index in [1.165, 1.54) is 0 Å². The smallest absolute Gasteiger partial charge is 0.255 e. The number of ether oxygens (including phenoxy) is 1. The zero-order valence-electron chi connectivity index (χ0n) is 11.0. The number of piperidine rings is 1. The minimum absolute atomic E-state index is 0.0585. The van der Waals surface area contributed by atoms with Crippen LogP contribution in [0.1, 0.15) is 30.1 Å². The first-order valence-electron chi connectivity index (χ1n) is 6.31. The highest BCUT2D eigenvalue weighted by molar-refractivity contribution is 5.97. The fourth-order valence-corrected chi connectivity index (χ4v) is 2.28. The Morgan fingerprint density at radius 2 is 2.00 bits per heavy atom. The Kier molecular flexibility index (Phi) is 3.87. The van der Waals surface area contributed by atoms with Crippen LogP contribution in [0.2, 0.25) is 0 Å². The molecule has 1 saturated heterocycles. The number of hydrogen-bond donors (Lipinski definition) is 2. The van der Waals surface area contributed by atoms with Crippen molar-refractivity contribution in [2.45, 2.75) is 25.3 Å². The van der Waals surface area contributed by atoms with Gasteiger partial charge in [-0.2, -0.15) is 0 Å². The van der Waals surface area contributed by atoms with Crippen molar-refractivity contribution in [2.24, 2.45) is 0 Å². The molecule has 0 spiro atoms. The van der Waals surface area contributed by atoms with Crippen molar-refractivity contribution in [1.82, 2.24) is 10.6 Å². The van der Waals surface area contributed by atoms with Gasteiger partial charge in [-0.25, -0.2) is 0 Å². The summed E-state index contributed by atoms with van der Waals surface area (Å²) >= 11 is 0. The quantitative estimate of drug-likeness (QED) is 0.853. The first-order chi connectivity index (χ1) is 8.64. The van der Waals surface area contributed by atoms with Crippen LogP contribution in [-0.2, 0) is 0 Å². The van der Waals surface area contributed by atoms with E-state index in [4.69, 9.17) is 4.74 Å². The lowest BCUT2D eigenvalue weighted by molar-refractivity contribution is 0.0884. The normalized spacial score (nSPS) is 18.1. The summed E-state index contributed by atoms with van der Waals surface area (Å²) in [6, 6.07) is 7.31. The zero-order valence-corrected chi connectivity index (χ0v) is 11.0. The van der Waals surface area contributed by atoms with E-state index in [0.29, 0.717) is 11.3 Å². The highest BCUT2D eigenvalue weighted by Gasteiger charge is 2.29. The van der Waals surface area contributed by atoms with Crippen molar-refractivity contribution in [3.63, 3.8) is 0 Å². The number of benzene rings is 1. The summed E-state index contributed by atoms with van der Waals surface area (Å²) in [6.45, 7) is 3.99. The molecule has 0 unspecified atom stereocenters. The summed E-state index contributed by atoms with van der Waals surface area (Å²) in [5.74, 6) is 0.560. The standard InChI is InChI=1S/C14H20N2O2/c1-14(7-9-15-10-8-14)16-13(17)11-5-3-4-6-12(11)18-2/h3-6,15H,7-10H2,1-2H3,(H,16,17). The Morgan fingerprint density at radius 1 is 1.33 bits per heavy atom. The summed E-state index contributed by atoms with van der Waals surface area (Å²) in [4.78, 5) is 12.3. The van der Waals surface area contributed by atoms with Crippen LogP contribution in [0, 0.1) is 0 Å². The Morgan fingerprint density at radius 3 is 2.67 bits per heavy atom. The summed E-state index contributed by atoms with van der Waals surface area (Å²) in [5.41, 5.74) is 0.475. The minimum Gasteiger partial charge on any atom is -0.496 e. The third-order valence-electron chi connectivity index (χ3n) is 3.47. The van der Waals surface area contributed by atoms with Crippen molar-refractivity contribution in [3.8, 4) is 5.75 Å². The average Bonchev–Trinajstić information content (AvgIpc) is 2.39. The van der Waals surface area contributed by atoms with Crippen LogP contribution >= 0.6 is 0 Å². The maximum atomic E-state index is 12.3. The van der Waals surface area contributed by atoms with Crippen molar-refractivity contribution >= 4 is 5.91 Å². The molecule has 0 atom stereocenters. The molecular formula is C14H20N2O2. The van der Waals surface area contributed by atoms with Gasteiger partial charge < -0.3 is 15.4 Å². The summed E-state index contributed by atoms with van der Waals surface area (Å²) in [7, 11) is 1.58. The van der Waals surface area contributed by atoms with Gasteiger partial charge in [0.1, 0.15) is 5.75 Å². The van der Waals surface area contributed by atoms with Crippen molar-refractivity contribution in [3.05, 3.63) is 29.8 Å². The third-order valence-corrected chi connectivity index (χ3v) is 3.47. The molecule has 1 heterocycles. The molecule has 0 radical (unpaired) electrons. The number of nitrogens with one attached hydrogen (secondary N) is 2. The molecule has 2 rings (SSSR count). The molecule has 1 aliphatic rings. The lowest BCUT2D eigenvalue weighted by Gasteiger charge is -2.35. The predicted molar refractivity (Wildman–Crippen MR) is 71.0 cm³/mol. The Hall–Kier alpha value is -1.55. The molecule has 18 heavy (non-hydrogen) atoms. The van der Waals surface area contributed by atoms with E-state index >= 15 is 0 Å². The topological polar surface area (TPSA) is 50.4 Å². The SMILES string of the molecule is COc1ccccc1C(=O)NC1(C)CCNCC1. The first-order valence-corrected chi connectivity index (χ1v) is 6.31. The second-order valence-electron chi connectivity index (χ2n) is 4.97. The van der Waals surface area contributed by atoms with Crippen LogP contribution in [0.25, 0.3) is 0 Å². The largest absolute Gasteiger partial charge is 0.496 e. The fourth-order valence-electron chi connectivity index (χ4n) is 2.28. The average molecular weight is 248 g/mol. The minimum atomic E-state index is -0.122. The summed E-state index contributed by atoms with van der Waals surface area (Å²) in [5, 5.41) is 6.43. The van der Waals surface area contributed by atoms with E-state index in [0.717, 1.165) is 25.9 Å². The van der Waals surface area contributed by atoms with Gasteiger partial charge in [0.2, 0.25) is 0 Å². The fraction of sp³-hybridized carbons (Fsp3) is 0.500. The molecule has 0 aromatic heterocycles. The molecule has 1 aromatic rings. The molecule has 0 aliphatic carbocycles. The lowest BCUT2D eigenvalue weighted by atomic mass is 9.90. The van der Waals surface area contributed by atoms with Crippen molar-refractivity contribution in [2.75, 3.05) is 20.2 Å². The van der Waals surface area contributed by atoms with Gasteiger partial charge in [0.25, 0.3) is 5.91 Å². The van der Waals surface area contributed by atoms with Crippen LogP contribution in [0.4, 0.5) is 0 Å². The second kappa shape index (κ2) is 5.40. The molecule has 4 nitrogen and oxygen atoms in total. The summed E-state index contributed by atoms with van der Waals surface area (Å²) < 4.78 is 5.22. The van der Waals surface area contributed by atoms with Gasteiger partial charge >= 0.3 is 0 Å². The maximum Gasteiger partial charge on any atom is 0.255 e. The maximum absolute atomic E-state index is 12.3. The van der Waals surface area contributed by atoms with E-state index in [2.05, 4.69) is 17.6 Å². The first kappa shape index (κ1) is 12.9. The number of carbonyl (C=O) groups is 1. The Balaban J connectivity index is 2.11. The van der Waals surface area contributed by atoms with E-state index < -0.39 is 0 Å². The van der Waals surface area contributed by atoms with Gasteiger partial charge in [0, 0.05) is 5.54 Å². The van der Waals surface area contributed by atoms with Gasteiger partial charge in [-0.3, -0.25) is 4.79 Å². The Bertz CT molecular complexity index is 426. The number of methoxy groups -OCH3 is 1. The number of para-hydroxylation sites is 1. The van der Waals surface area contributed by atoms with Crippen molar-refractivity contribution < 1.29 is 9.53 Å². The van der Waals surface area contributed by atoms with Crippen LogP contribution < -0.4 is 15.4 Å². The number of rotatable bonds is 3. The van der Waals surface area contributed by atoms with E-state index in [1.54, 1.807) is 19.2 Å². The van der Waals surface area contributed by atoms with Gasteiger partial charge in [0.15, 0.2) is 0 Å². The van der Waals surface area contributed by atoms with Crippen LogP contribution in [0.3, 0.4) is 0 Å². The molecule has 0 saturated carbocycles. The van der Waals surface area contributed by atoms with Crippen LogP contribution in [-0.4, -0.2) is 31.6 Å². The van der Waals surface area contributed by atoms with E-state index in [-0.39, 0.29) is 11.4 Å². The molecule has 98 valence electrons. The van der Waals surface area contributed by atoms with Gasteiger partial charge in [-0.15, -0.1) is 0 Å². The van der Waals surface area contributed by atoms with Gasteiger partial charge in [0.05, 0.1) is 12.7 Å². The molecule has 0 bridgehead atoms. The molecule has 1 aliphatic heterocycles. The number of amides is 1. The molecular weight excluding hydrogens is 228 g/mol. The van der Waals surface area contributed by atoms with Crippen LogP contribution in [0.5, 0.6) is 5.75 Å². The molecule has 1 aromatic carbocycles. The molecule has 4 heteroatoms. The zero-order chi connectivity index (χ0) is 13.0. The van der Waals surface area contributed by atoms with Gasteiger partial charge in [-0.05, 0) is 45.0 Å². The van der Waals surface area contributed by atoms with Crippen molar-refractivity contribution in [1.29, 1.82) is 0 Å². The molecule has 1 fully saturated rings. The number of hydrogen-bond acceptors (Lipinski definition) is 3. The lowest BCUT2D eigenvalue weighted by Crippen LogP contribution is -2.52. The third kappa shape index (κ3) is 2.82. The second-order valence-corrected chi connectivity index (χ2v) is 4.97. The highest BCUT2D eigenvalue weighted by atomic mass is 16.5. The van der Waals surface area contributed by atoms with E-state index in [1.807, 2.05) is 12.1 Å². The summed E-state index contributed by atoms with van der Waals surface area (Å²) in [6.07, 6.45) is 1.90. The molecule has 1 amide bonds. The highest BCUT2D eigenvalue weighted by Crippen LogP contribution is 2.21. The number of carbonyl (C=O) groups excluding carboxylic acids is 1. The monoisotopic (exact) mass is 248 g/mol. The van der Waals surface area contributed by atoms with E-state index in [9.17, 15) is 4.79 Å².